The lowest BCUT2D eigenvalue weighted by atomic mass is 9.98. The van der Waals surface area contributed by atoms with Crippen molar-refractivity contribution in [1.29, 1.82) is 0 Å². The summed E-state index contributed by atoms with van der Waals surface area (Å²) in [7, 11) is 3.26. The van der Waals surface area contributed by atoms with Crippen LogP contribution in [0, 0.1) is 0 Å². The minimum absolute atomic E-state index is 0.109. The zero-order valence-corrected chi connectivity index (χ0v) is 13.9. The van der Waals surface area contributed by atoms with Crippen molar-refractivity contribution < 1.29 is 14.3 Å². The van der Waals surface area contributed by atoms with Crippen molar-refractivity contribution in [3.8, 4) is 11.5 Å². The number of carbonyl (C=O) groups is 1. The monoisotopic (exact) mass is 341 g/mol. The van der Waals surface area contributed by atoms with E-state index in [0.717, 1.165) is 24.3 Å². The first kappa shape index (κ1) is 15.2. The zero-order valence-electron chi connectivity index (χ0n) is 12.3. The van der Waals surface area contributed by atoms with Gasteiger partial charge in [-0.3, -0.25) is 4.79 Å². The van der Waals surface area contributed by atoms with E-state index < -0.39 is 4.32 Å². The molecule has 1 heterocycles. The fourth-order valence-electron chi connectivity index (χ4n) is 2.43. The molecule has 0 radical (unpaired) electrons. The number of hydrogen-bond acceptors (Lipinski definition) is 3. The molecule has 0 atom stereocenters. The second-order valence-electron chi connectivity index (χ2n) is 5.43. The van der Waals surface area contributed by atoms with E-state index in [9.17, 15) is 4.79 Å². The van der Waals surface area contributed by atoms with E-state index in [1.54, 1.807) is 14.2 Å². The van der Waals surface area contributed by atoms with Crippen molar-refractivity contribution in [2.24, 2.45) is 0 Å². The molecule has 1 aromatic rings. The highest BCUT2D eigenvalue weighted by Gasteiger charge is 2.31. The number of methoxy groups -OCH3 is 2. The Morgan fingerprint density at radius 3 is 2.25 bits per heavy atom. The first-order valence-electron chi connectivity index (χ1n) is 6.59. The van der Waals surface area contributed by atoms with Crippen LogP contribution in [0.15, 0.2) is 12.1 Å². The number of carbonyl (C=O) groups excluding carboxylic acids is 1. The Morgan fingerprint density at radius 1 is 1.20 bits per heavy atom. The van der Waals surface area contributed by atoms with Gasteiger partial charge in [0.1, 0.15) is 0 Å². The summed E-state index contributed by atoms with van der Waals surface area (Å²) in [6.07, 6.45) is 0.838. The highest BCUT2D eigenvalue weighted by molar-refractivity contribution is 9.10. The molecule has 1 aliphatic heterocycles. The molecule has 1 amide bonds. The van der Waals surface area contributed by atoms with Crippen molar-refractivity contribution in [3.05, 3.63) is 23.3 Å². The van der Waals surface area contributed by atoms with Gasteiger partial charge in [0, 0.05) is 13.1 Å². The maximum Gasteiger partial charge on any atom is 0.239 e. The highest BCUT2D eigenvalue weighted by Crippen LogP contribution is 2.34. The summed E-state index contributed by atoms with van der Waals surface area (Å²) in [6, 6.07) is 3.98. The number of rotatable bonds is 3. The van der Waals surface area contributed by atoms with Gasteiger partial charge < -0.3 is 14.4 Å². The molecule has 110 valence electrons. The summed E-state index contributed by atoms with van der Waals surface area (Å²) in [6.45, 7) is 5.10. The van der Waals surface area contributed by atoms with Crippen LogP contribution < -0.4 is 9.47 Å². The van der Waals surface area contributed by atoms with Gasteiger partial charge in [0.2, 0.25) is 5.91 Å². The molecule has 0 saturated heterocycles. The standard InChI is InChI=1S/C15H20BrNO3/c1-15(2,16)14(18)17-6-5-10-7-12(19-3)13(20-4)8-11(10)9-17/h7-8H,5-6,9H2,1-4H3. The summed E-state index contributed by atoms with van der Waals surface area (Å²) >= 11 is 3.43. The van der Waals surface area contributed by atoms with E-state index in [1.165, 1.54) is 5.56 Å². The molecule has 1 aromatic carbocycles. The van der Waals surface area contributed by atoms with Crippen LogP contribution in [0.25, 0.3) is 0 Å². The summed E-state index contributed by atoms with van der Waals surface area (Å²) in [5.41, 5.74) is 2.35. The first-order chi connectivity index (χ1) is 9.36. The third-order valence-corrected chi connectivity index (χ3v) is 3.85. The molecule has 0 fully saturated rings. The van der Waals surface area contributed by atoms with Gasteiger partial charge in [-0.1, -0.05) is 15.9 Å². The number of ether oxygens (including phenoxy) is 2. The van der Waals surface area contributed by atoms with E-state index in [-0.39, 0.29) is 5.91 Å². The van der Waals surface area contributed by atoms with Crippen molar-refractivity contribution in [1.82, 2.24) is 4.90 Å². The van der Waals surface area contributed by atoms with E-state index in [0.29, 0.717) is 12.3 Å². The van der Waals surface area contributed by atoms with Crippen LogP contribution in [-0.4, -0.2) is 35.9 Å². The molecule has 1 aliphatic rings. The van der Waals surface area contributed by atoms with Crippen LogP contribution in [-0.2, 0) is 17.8 Å². The van der Waals surface area contributed by atoms with Crippen molar-refractivity contribution in [2.75, 3.05) is 20.8 Å². The minimum atomic E-state index is -0.527. The van der Waals surface area contributed by atoms with Crippen LogP contribution in [0.3, 0.4) is 0 Å². The Balaban J connectivity index is 2.28. The van der Waals surface area contributed by atoms with Gasteiger partial charge in [0.25, 0.3) is 0 Å². The Morgan fingerprint density at radius 2 is 1.75 bits per heavy atom. The number of nitrogens with zero attached hydrogens (tertiary/aromatic N) is 1. The predicted octanol–water partition coefficient (Wildman–Crippen LogP) is 2.76. The average molecular weight is 342 g/mol. The molecule has 0 aliphatic carbocycles. The number of fused-ring (bicyclic) bond motifs is 1. The number of hydrogen-bond donors (Lipinski definition) is 0. The van der Waals surface area contributed by atoms with Crippen LogP contribution >= 0.6 is 15.9 Å². The smallest absolute Gasteiger partial charge is 0.239 e. The van der Waals surface area contributed by atoms with Crippen LogP contribution in [0.4, 0.5) is 0 Å². The second-order valence-corrected chi connectivity index (χ2v) is 7.41. The van der Waals surface area contributed by atoms with E-state index >= 15 is 0 Å². The number of halogens is 1. The Bertz CT molecular complexity index is 523. The SMILES string of the molecule is COc1cc2c(cc1OC)CN(C(=O)C(C)(C)Br)CC2. The molecule has 4 nitrogen and oxygen atoms in total. The fourth-order valence-corrected chi connectivity index (χ4v) is 2.68. The molecular weight excluding hydrogens is 322 g/mol. The maximum atomic E-state index is 12.3. The van der Waals surface area contributed by atoms with Gasteiger partial charge in [0.05, 0.1) is 18.5 Å². The third kappa shape index (κ3) is 2.92. The summed E-state index contributed by atoms with van der Waals surface area (Å²) in [5.74, 6) is 1.56. The molecule has 0 spiro atoms. The zero-order chi connectivity index (χ0) is 14.9. The van der Waals surface area contributed by atoms with Gasteiger partial charge in [-0.15, -0.1) is 0 Å². The fraction of sp³-hybridized carbons (Fsp3) is 0.533. The molecule has 0 saturated carbocycles. The third-order valence-electron chi connectivity index (χ3n) is 3.51. The number of amides is 1. The highest BCUT2D eigenvalue weighted by atomic mass is 79.9. The van der Waals surface area contributed by atoms with Gasteiger partial charge >= 0.3 is 0 Å². The molecule has 5 heteroatoms. The van der Waals surface area contributed by atoms with Gasteiger partial charge in [0.15, 0.2) is 11.5 Å². The van der Waals surface area contributed by atoms with Crippen LogP contribution in [0.5, 0.6) is 11.5 Å². The lowest BCUT2D eigenvalue weighted by Gasteiger charge is -2.33. The molecule has 2 rings (SSSR count). The molecule has 0 bridgehead atoms. The molecule has 20 heavy (non-hydrogen) atoms. The van der Waals surface area contributed by atoms with Crippen LogP contribution in [0.2, 0.25) is 0 Å². The van der Waals surface area contributed by atoms with Crippen molar-refractivity contribution in [2.45, 2.75) is 31.1 Å². The van der Waals surface area contributed by atoms with E-state index in [4.69, 9.17) is 9.47 Å². The molecule has 0 aromatic heterocycles. The number of alkyl halides is 1. The summed E-state index contributed by atoms with van der Waals surface area (Å²) < 4.78 is 10.1. The quantitative estimate of drug-likeness (QED) is 0.793. The van der Waals surface area contributed by atoms with E-state index in [2.05, 4.69) is 15.9 Å². The second kappa shape index (κ2) is 5.64. The summed E-state index contributed by atoms with van der Waals surface area (Å²) in [4.78, 5) is 14.2. The van der Waals surface area contributed by atoms with Crippen molar-refractivity contribution in [3.63, 3.8) is 0 Å². The predicted molar refractivity (Wildman–Crippen MR) is 81.7 cm³/mol. The topological polar surface area (TPSA) is 38.8 Å². The Kier molecular flexibility index (Phi) is 4.28. The lowest BCUT2D eigenvalue weighted by Crippen LogP contribution is -2.44. The van der Waals surface area contributed by atoms with Crippen molar-refractivity contribution >= 4 is 21.8 Å². The molecular formula is C15H20BrNO3. The van der Waals surface area contributed by atoms with Gasteiger partial charge in [-0.25, -0.2) is 0 Å². The largest absolute Gasteiger partial charge is 0.493 e. The Labute approximate surface area is 128 Å². The van der Waals surface area contributed by atoms with Crippen LogP contribution in [0.1, 0.15) is 25.0 Å². The number of benzene rings is 1. The molecule has 0 N–H and O–H groups in total. The molecule has 0 unspecified atom stereocenters. The summed E-state index contributed by atoms with van der Waals surface area (Å²) in [5, 5.41) is 0. The normalized spacial score (nSPS) is 14.8. The lowest BCUT2D eigenvalue weighted by molar-refractivity contribution is -0.133. The first-order valence-corrected chi connectivity index (χ1v) is 7.38. The average Bonchev–Trinajstić information content (AvgIpc) is 2.43. The van der Waals surface area contributed by atoms with Gasteiger partial charge in [-0.2, -0.15) is 0 Å². The maximum absolute atomic E-state index is 12.3. The Hall–Kier alpha value is -1.23. The van der Waals surface area contributed by atoms with E-state index in [1.807, 2.05) is 30.9 Å². The van der Waals surface area contributed by atoms with Gasteiger partial charge in [-0.05, 0) is 43.5 Å². The minimum Gasteiger partial charge on any atom is -0.493 e.